The normalized spacial score (nSPS) is 10.8. The zero-order valence-corrected chi connectivity index (χ0v) is 18.0. The fourth-order valence-corrected chi connectivity index (χ4v) is 3.42. The molecule has 0 fully saturated rings. The minimum Gasteiger partial charge on any atom is -0.319 e. The first-order valence-corrected chi connectivity index (χ1v) is 10.1. The van der Waals surface area contributed by atoms with E-state index in [9.17, 15) is 4.79 Å². The van der Waals surface area contributed by atoms with Gasteiger partial charge in [-0.3, -0.25) is 4.79 Å². The van der Waals surface area contributed by atoms with Crippen LogP contribution in [-0.2, 0) is 0 Å². The summed E-state index contributed by atoms with van der Waals surface area (Å²) in [5.41, 5.74) is 2.87. The molecule has 0 saturated carbocycles. The van der Waals surface area contributed by atoms with Gasteiger partial charge < -0.3 is 5.32 Å². The lowest BCUT2D eigenvalue weighted by Crippen LogP contribution is -2.14. The quantitative estimate of drug-likeness (QED) is 0.383. The molecule has 0 atom stereocenters. The van der Waals surface area contributed by atoms with E-state index >= 15 is 0 Å². The number of aryl methyl sites for hydroxylation is 1. The lowest BCUT2D eigenvalue weighted by atomic mass is 10.2. The van der Waals surface area contributed by atoms with Crippen molar-refractivity contribution < 1.29 is 4.79 Å². The predicted molar refractivity (Wildman–Crippen MR) is 121 cm³/mol. The third kappa shape index (κ3) is 4.33. The summed E-state index contributed by atoms with van der Waals surface area (Å²) in [5.74, 6) is 0.00724. The first-order valence-electron chi connectivity index (χ1n) is 8.97. The van der Waals surface area contributed by atoms with Gasteiger partial charge in [-0.25, -0.2) is 9.67 Å². The van der Waals surface area contributed by atoms with Crippen LogP contribution in [0.2, 0.25) is 15.1 Å². The van der Waals surface area contributed by atoms with Gasteiger partial charge in [-0.2, -0.15) is 0 Å². The number of amides is 1. The molecule has 150 valence electrons. The molecule has 0 aliphatic rings. The van der Waals surface area contributed by atoms with Crippen LogP contribution < -0.4 is 5.32 Å². The van der Waals surface area contributed by atoms with Gasteiger partial charge in [0.25, 0.3) is 5.91 Å². The minimum atomic E-state index is -0.461. The number of anilines is 1. The van der Waals surface area contributed by atoms with Crippen LogP contribution in [0.3, 0.4) is 0 Å². The third-order valence-corrected chi connectivity index (χ3v) is 5.25. The number of benzene rings is 3. The van der Waals surface area contributed by atoms with Crippen LogP contribution in [0.5, 0.6) is 0 Å². The first-order chi connectivity index (χ1) is 14.4. The van der Waals surface area contributed by atoms with Gasteiger partial charge in [0, 0.05) is 26.3 Å². The summed E-state index contributed by atoms with van der Waals surface area (Å²) in [4.78, 5) is 17.3. The Kier molecular flexibility index (Phi) is 5.77. The molecule has 1 N–H and O–H groups in total. The van der Waals surface area contributed by atoms with Crippen molar-refractivity contribution in [1.82, 2.24) is 14.8 Å². The number of carbonyl (C=O) groups excluding carboxylic acids is 1. The molecule has 0 aliphatic heterocycles. The molecule has 8 heteroatoms. The van der Waals surface area contributed by atoms with Crippen LogP contribution in [0, 0.1) is 6.92 Å². The molecule has 30 heavy (non-hydrogen) atoms. The molecule has 0 bridgehead atoms. The van der Waals surface area contributed by atoms with Crippen LogP contribution in [0.1, 0.15) is 16.2 Å². The summed E-state index contributed by atoms with van der Waals surface area (Å²) >= 11 is 18.5. The van der Waals surface area contributed by atoms with Crippen molar-refractivity contribution in [3.05, 3.63) is 93.2 Å². The first kappa shape index (κ1) is 20.4. The number of halogens is 3. The maximum atomic E-state index is 12.8. The Bertz CT molecular complexity index is 1250. The van der Waals surface area contributed by atoms with Crippen molar-refractivity contribution in [3.8, 4) is 17.1 Å². The Hall–Kier alpha value is -2.86. The van der Waals surface area contributed by atoms with Crippen LogP contribution in [0.25, 0.3) is 17.1 Å². The summed E-state index contributed by atoms with van der Waals surface area (Å²) in [6.07, 6.45) is 0. The van der Waals surface area contributed by atoms with Crippen molar-refractivity contribution in [2.75, 3.05) is 5.32 Å². The van der Waals surface area contributed by atoms with Gasteiger partial charge in [0.1, 0.15) is 0 Å². The summed E-state index contributed by atoms with van der Waals surface area (Å²) in [7, 11) is 0. The molecule has 1 amide bonds. The van der Waals surface area contributed by atoms with E-state index in [1.807, 2.05) is 31.2 Å². The maximum Gasteiger partial charge on any atom is 0.295 e. The molecule has 4 rings (SSSR count). The van der Waals surface area contributed by atoms with E-state index in [1.54, 1.807) is 47.1 Å². The van der Waals surface area contributed by atoms with Crippen molar-refractivity contribution in [3.63, 3.8) is 0 Å². The standard InChI is InChI=1S/C22H15Cl3N4O/c1-13-8-9-18(12-19(13)25)29-21(14-4-2-5-15(23)10-14)27-20(28-29)22(30)26-17-7-3-6-16(24)11-17/h2-12H,1H3,(H,26,30). The Labute approximate surface area is 188 Å². The molecule has 5 nitrogen and oxygen atoms in total. The number of aromatic nitrogens is 3. The Morgan fingerprint density at radius 3 is 2.37 bits per heavy atom. The summed E-state index contributed by atoms with van der Waals surface area (Å²) in [5, 5.41) is 8.85. The average Bonchev–Trinajstić information content (AvgIpc) is 3.16. The Balaban J connectivity index is 1.79. The van der Waals surface area contributed by atoms with E-state index in [1.165, 1.54) is 0 Å². The van der Waals surface area contributed by atoms with Crippen molar-refractivity contribution in [2.24, 2.45) is 0 Å². The fourth-order valence-electron chi connectivity index (χ4n) is 2.87. The summed E-state index contributed by atoms with van der Waals surface area (Å²) in [6.45, 7) is 1.91. The largest absolute Gasteiger partial charge is 0.319 e. The zero-order chi connectivity index (χ0) is 21.3. The lowest BCUT2D eigenvalue weighted by Gasteiger charge is -2.08. The van der Waals surface area contributed by atoms with Gasteiger partial charge in [-0.05, 0) is 55.0 Å². The molecule has 0 radical (unpaired) electrons. The van der Waals surface area contributed by atoms with E-state index in [-0.39, 0.29) is 5.82 Å². The molecule has 1 aromatic heterocycles. The van der Waals surface area contributed by atoms with Gasteiger partial charge >= 0.3 is 0 Å². The minimum absolute atomic E-state index is 0.00153. The number of carbonyl (C=O) groups is 1. The van der Waals surface area contributed by atoms with Crippen LogP contribution in [0.4, 0.5) is 5.69 Å². The molecule has 0 saturated heterocycles. The smallest absolute Gasteiger partial charge is 0.295 e. The highest BCUT2D eigenvalue weighted by atomic mass is 35.5. The van der Waals surface area contributed by atoms with E-state index in [0.717, 1.165) is 5.56 Å². The van der Waals surface area contributed by atoms with Gasteiger partial charge in [-0.15, -0.1) is 5.10 Å². The Morgan fingerprint density at radius 1 is 0.933 bits per heavy atom. The number of nitrogens with one attached hydrogen (secondary N) is 1. The molecular weight excluding hydrogens is 443 g/mol. The van der Waals surface area contributed by atoms with E-state index in [2.05, 4.69) is 15.4 Å². The number of nitrogens with zero attached hydrogens (tertiary/aromatic N) is 3. The van der Waals surface area contributed by atoms with Gasteiger partial charge in [0.15, 0.2) is 5.82 Å². The second kappa shape index (κ2) is 8.48. The molecule has 3 aromatic carbocycles. The van der Waals surface area contributed by atoms with Crippen molar-refractivity contribution >= 4 is 46.4 Å². The van der Waals surface area contributed by atoms with E-state index in [4.69, 9.17) is 34.8 Å². The number of hydrogen-bond acceptors (Lipinski definition) is 3. The number of rotatable bonds is 4. The highest BCUT2D eigenvalue weighted by molar-refractivity contribution is 6.31. The SMILES string of the molecule is Cc1ccc(-n2nc(C(=O)Nc3cccc(Cl)c3)nc2-c2cccc(Cl)c2)cc1Cl. The fraction of sp³-hybridized carbons (Fsp3) is 0.0455. The number of hydrogen-bond donors (Lipinski definition) is 1. The van der Waals surface area contributed by atoms with E-state index < -0.39 is 5.91 Å². The van der Waals surface area contributed by atoms with Crippen LogP contribution in [-0.4, -0.2) is 20.7 Å². The van der Waals surface area contributed by atoms with Crippen molar-refractivity contribution in [1.29, 1.82) is 0 Å². The van der Waals surface area contributed by atoms with Crippen molar-refractivity contribution in [2.45, 2.75) is 6.92 Å². The average molecular weight is 458 g/mol. The summed E-state index contributed by atoms with van der Waals surface area (Å²) in [6, 6.07) is 19.6. The van der Waals surface area contributed by atoms with Gasteiger partial charge in [0.05, 0.1) is 5.69 Å². The Morgan fingerprint density at radius 2 is 1.67 bits per heavy atom. The predicted octanol–water partition coefficient (Wildman–Crippen LogP) is 6.46. The molecular formula is C22H15Cl3N4O. The lowest BCUT2D eigenvalue weighted by molar-refractivity contribution is 0.101. The topological polar surface area (TPSA) is 59.8 Å². The molecule has 4 aromatic rings. The second-order valence-electron chi connectivity index (χ2n) is 6.58. The van der Waals surface area contributed by atoms with Gasteiger partial charge in [0.2, 0.25) is 5.82 Å². The summed E-state index contributed by atoms with van der Waals surface area (Å²) < 4.78 is 1.57. The molecule has 0 unspecified atom stereocenters. The zero-order valence-electron chi connectivity index (χ0n) is 15.7. The third-order valence-electron chi connectivity index (χ3n) is 4.38. The maximum absolute atomic E-state index is 12.8. The highest BCUT2D eigenvalue weighted by Crippen LogP contribution is 2.26. The molecule has 0 aliphatic carbocycles. The molecule has 0 spiro atoms. The monoisotopic (exact) mass is 456 g/mol. The highest BCUT2D eigenvalue weighted by Gasteiger charge is 2.19. The second-order valence-corrected chi connectivity index (χ2v) is 7.86. The van der Waals surface area contributed by atoms with Gasteiger partial charge in [-0.1, -0.05) is 59.1 Å². The van der Waals surface area contributed by atoms with Crippen LogP contribution in [0.15, 0.2) is 66.7 Å². The van der Waals surface area contributed by atoms with E-state index in [0.29, 0.717) is 37.8 Å². The molecule has 1 heterocycles. The van der Waals surface area contributed by atoms with Crippen LogP contribution >= 0.6 is 34.8 Å².